The van der Waals surface area contributed by atoms with Gasteiger partial charge in [0, 0.05) is 57.2 Å². The lowest BCUT2D eigenvalue weighted by atomic mass is 9.91. The van der Waals surface area contributed by atoms with Gasteiger partial charge in [-0.15, -0.1) is 11.3 Å². The van der Waals surface area contributed by atoms with Crippen molar-refractivity contribution in [3.63, 3.8) is 0 Å². The molecule has 0 radical (unpaired) electrons. The minimum Gasteiger partial charge on any atom is -0.385 e. The summed E-state index contributed by atoms with van der Waals surface area (Å²) < 4.78 is 5.08. The Kier molecular flexibility index (Phi) is 9.21. The van der Waals surface area contributed by atoms with Crippen molar-refractivity contribution in [1.82, 2.24) is 15.5 Å². The maximum Gasteiger partial charge on any atom is 0.191 e. The van der Waals surface area contributed by atoms with Gasteiger partial charge in [-0.3, -0.25) is 4.99 Å². The minimum atomic E-state index is 0.0999. The van der Waals surface area contributed by atoms with Crippen LogP contribution >= 0.6 is 11.3 Å². The van der Waals surface area contributed by atoms with Gasteiger partial charge in [0.2, 0.25) is 0 Å². The van der Waals surface area contributed by atoms with Gasteiger partial charge >= 0.3 is 0 Å². The summed E-state index contributed by atoms with van der Waals surface area (Å²) in [5, 5.41) is 8.94. The predicted octanol–water partition coefficient (Wildman–Crippen LogP) is 2.16. The fourth-order valence-electron chi connectivity index (χ4n) is 2.23. The summed E-state index contributed by atoms with van der Waals surface area (Å²) in [4.78, 5) is 7.99. The number of ether oxygens (including phenoxy) is 1. The van der Waals surface area contributed by atoms with Crippen LogP contribution in [0.15, 0.2) is 22.5 Å². The van der Waals surface area contributed by atoms with Crippen molar-refractivity contribution in [2.45, 2.75) is 25.7 Å². The molecule has 6 heteroatoms. The van der Waals surface area contributed by atoms with Crippen LogP contribution < -0.4 is 10.6 Å². The SMILES string of the molecule is CN=C(NCCN(C)CCCOC)NCC(C)(C)c1cccs1. The first-order valence-electron chi connectivity index (χ1n) is 8.15. The Morgan fingerprint density at radius 3 is 2.74 bits per heavy atom. The minimum absolute atomic E-state index is 0.0999. The summed E-state index contributed by atoms with van der Waals surface area (Å²) in [6, 6.07) is 4.30. The van der Waals surface area contributed by atoms with Crippen molar-refractivity contribution >= 4 is 17.3 Å². The Labute approximate surface area is 145 Å². The lowest BCUT2D eigenvalue weighted by Crippen LogP contribution is -2.45. The number of aliphatic imine (C=N–C) groups is 1. The van der Waals surface area contributed by atoms with Crippen LogP contribution in [0, 0.1) is 0 Å². The molecular weight excluding hydrogens is 308 g/mol. The maximum absolute atomic E-state index is 5.08. The molecule has 0 aromatic carbocycles. The molecule has 0 bridgehead atoms. The van der Waals surface area contributed by atoms with Crippen LogP contribution in [0.5, 0.6) is 0 Å². The number of nitrogens with one attached hydrogen (secondary N) is 2. The summed E-state index contributed by atoms with van der Waals surface area (Å²) in [5.74, 6) is 0.861. The van der Waals surface area contributed by atoms with Crippen molar-refractivity contribution in [2.24, 2.45) is 4.99 Å². The highest BCUT2D eigenvalue weighted by atomic mass is 32.1. The molecule has 0 amide bonds. The molecular formula is C17H32N4OS. The molecule has 2 N–H and O–H groups in total. The highest BCUT2D eigenvalue weighted by Gasteiger charge is 2.21. The highest BCUT2D eigenvalue weighted by molar-refractivity contribution is 7.10. The van der Waals surface area contributed by atoms with E-state index in [-0.39, 0.29) is 5.41 Å². The van der Waals surface area contributed by atoms with Gasteiger partial charge in [0.1, 0.15) is 0 Å². The number of likely N-dealkylation sites (N-methyl/N-ethyl adjacent to an activating group) is 1. The van der Waals surface area contributed by atoms with E-state index in [1.165, 1.54) is 4.88 Å². The Bertz CT molecular complexity index is 445. The van der Waals surface area contributed by atoms with E-state index in [1.807, 2.05) is 7.05 Å². The first kappa shape index (κ1) is 19.9. The molecule has 0 aliphatic heterocycles. The van der Waals surface area contributed by atoms with Gasteiger partial charge in [0.25, 0.3) is 0 Å². The maximum atomic E-state index is 5.08. The number of hydrogen-bond donors (Lipinski definition) is 2. The Hall–Kier alpha value is -1.11. The van der Waals surface area contributed by atoms with E-state index in [0.717, 1.165) is 45.2 Å². The van der Waals surface area contributed by atoms with Crippen LogP contribution in [0.2, 0.25) is 0 Å². The van der Waals surface area contributed by atoms with Crippen molar-refractivity contribution in [1.29, 1.82) is 0 Å². The third-order valence-electron chi connectivity index (χ3n) is 3.78. The lowest BCUT2D eigenvalue weighted by Gasteiger charge is -2.25. The Balaban J connectivity index is 2.27. The molecule has 132 valence electrons. The predicted molar refractivity (Wildman–Crippen MR) is 101 cm³/mol. The zero-order valence-corrected chi connectivity index (χ0v) is 16.0. The van der Waals surface area contributed by atoms with Crippen LogP contribution in [0.1, 0.15) is 25.1 Å². The third kappa shape index (κ3) is 7.81. The molecule has 0 spiro atoms. The molecule has 1 aromatic heterocycles. The van der Waals surface area contributed by atoms with Crippen molar-refractivity contribution in [3.8, 4) is 0 Å². The van der Waals surface area contributed by atoms with Crippen LogP contribution in [-0.4, -0.2) is 64.9 Å². The molecule has 0 saturated carbocycles. The fraction of sp³-hybridized carbons (Fsp3) is 0.706. The summed E-state index contributed by atoms with van der Waals surface area (Å²) >= 11 is 1.80. The first-order chi connectivity index (χ1) is 11.0. The molecule has 0 unspecified atom stereocenters. The average molecular weight is 341 g/mol. The van der Waals surface area contributed by atoms with Gasteiger partial charge in [-0.05, 0) is 24.9 Å². The molecule has 1 heterocycles. The standard InChI is InChI=1S/C17H32N4OS/c1-17(2,15-8-6-13-23-15)14-20-16(18-3)19-9-11-21(4)10-7-12-22-5/h6,8,13H,7,9-12,14H2,1-5H3,(H2,18,19,20). The molecule has 0 aliphatic carbocycles. The summed E-state index contributed by atoms with van der Waals surface area (Å²) in [7, 11) is 5.69. The Morgan fingerprint density at radius 2 is 2.13 bits per heavy atom. The second-order valence-corrected chi connectivity index (χ2v) is 7.31. The molecule has 1 rings (SSSR count). The smallest absolute Gasteiger partial charge is 0.191 e. The number of rotatable bonds is 10. The van der Waals surface area contributed by atoms with E-state index in [9.17, 15) is 0 Å². The van der Waals surface area contributed by atoms with Gasteiger partial charge in [-0.25, -0.2) is 0 Å². The topological polar surface area (TPSA) is 48.9 Å². The number of methoxy groups -OCH3 is 1. The van der Waals surface area contributed by atoms with Gasteiger partial charge in [0.15, 0.2) is 5.96 Å². The second kappa shape index (κ2) is 10.6. The van der Waals surface area contributed by atoms with E-state index in [1.54, 1.807) is 18.4 Å². The van der Waals surface area contributed by atoms with Crippen LogP contribution in [0.25, 0.3) is 0 Å². The van der Waals surface area contributed by atoms with E-state index >= 15 is 0 Å². The third-order valence-corrected chi connectivity index (χ3v) is 5.02. The molecule has 0 atom stereocenters. The lowest BCUT2D eigenvalue weighted by molar-refractivity contribution is 0.180. The van der Waals surface area contributed by atoms with Crippen molar-refractivity contribution in [2.75, 3.05) is 54.0 Å². The molecule has 23 heavy (non-hydrogen) atoms. The number of thiophene rings is 1. The van der Waals surface area contributed by atoms with E-state index in [4.69, 9.17) is 4.74 Å². The number of guanidine groups is 1. The fourth-order valence-corrected chi connectivity index (χ4v) is 3.08. The van der Waals surface area contributed by atoms with Gasteiger partial charge in [-0.1, -0.05) is 19.9 Å². The van der Waals surface area contributed by atoms with Gasteiger partial charge in [-0.2, -0.15) is 0 Å². The van der Waals surface area contributed by atoms with Crippen LogP contribution in [0.4, 0.5) is 0 Å². The molecule has 0 aliphatic rings. The zero-order valence-electron chi connectivity index (χ0n) is 15.2. The average Bonchev–Trinajstić information content (AvgIpc) is 3.06. The number of hydrogen-bond acceptors (Lipinski definition) is 4. The quantitative estimate of drug-likeness (QED) is 0.389. The Morgan fingerprint density at radius 1 is 1.35 bits per heavy atom. The zero-order chi connectivity index (χ0) is 17.1. The van der Waals surface area contributed by atoms with Crippen LogP contribution in [-0.2, 0) is 10.2 Å². The monoisotopic (exact) mass is 340 g/mol. The highest BCUT2D eigenvalue weighted by Crippen LogP contribution is 2.26. The van der Waals surface area contributed by atoms with Crippen molar-refractivity contribution < 1.29 is 4.74 Å². The summed E-state index contributed by atoms with van der Waals surface area (Å²) in [6.45, 7) is 9.09. The van der Waals surface area contributed by atoms with E-state index in [0.29, 0.717) is 0 Å². The molecule has 0 saturated heterocycles. The largest absolute Gasteiger partial charge is 0.385 e. The number of nitrogens with zero attached hydrogens (tertiary/aromatic N) is 2. The van der Waals surface area contributed by atoms with Crippen molar-refractivity contribution in [3.05, 3.63) is 22.4 Å². The molecule has 1 aromatic rings. The van der Waals surface area contributed by atoms with E-state index < -0.39 is 0 Å². The second-order valence-electron chi connectivity index (χ2n) is 6.36. The van der Waals surface area contributed by atoms with Gasteiger partial charge in [0.05, 0.1) is 0 Å². The summed E-state index contributed by atoms with van der Waals surface area (Å²) in [5.41, 5.74) is 0.0999. The summed E-state index contributed by atoms with van der Waals surface area (Å²) in [6.07, 6.45) is 1.06. The normalized spacial score (nSPS) is 12.7. The van der Waals surface area contributed by atoms with Gasteiger partial charge < -0.3 is 20.3 Å². The van der Waals surface area contributed by atoms with E-state index in [2.05, 4.69) is 58.9 Å². The molecule has 5 nitrogen and oxygen atoms in total. The molecule has 0 fully saturated rings. The first-order valence-corrected chi connectivity index (χ1v) is 9.03. The van der Waals surface area contributed by atoms with Crippen LogP contribution in [0.3, 0.4) is 0 Å².